The van der Waals surface area contributed by atoms with Crippen LogP contribution in [-0.4, -0.2) is 51.5 Å². The third-order valence-electron chi connectivity index (χ3n) is 4.74. The van der Waals surface area contributed by atoms with Gasteiger partial charge in [0.1, 0.15) is 5.52 Å². The summed E-state index contributed by atoms with van der Waals surface area (Å²) < 4.78 is 1.52. The lowest BCUT2D eigenvalue weighted by molar-refractivity contribution is 0.0746. The summed E-state index contributed by atoms with van der Waals surface area (Å²) in [5, 5.41) is 0.539. The van der Waals surface area contributed by atoms with Crippen LogP contribution in [0.2, 0.25) is 5.02 Å². The van der Waals surface area contributed by atoms with E-state index in [2.05, 4.69) is 9.97 Å². The Kier molecular flexibility index (Phi) is 4.53. The van der Waals surface area contributed by atoms with Crippen molar-refractivity contribution in [1.82, 2.24) is 19.4 Å². The van der Waals surface area contributed by atoms with Crippen LogP contribution in [0.25, 0.3) is 11.2 Å². The zero-order valence-electron chi connectivity index (χ0n) is 14.8. The SMILES string of the molecule is Cn1c(=O)c(N2CCN(C(=O)c3cccc(Cl)c3)CC2)nc2cccnc21. The summed E-state index contributed by atoms with van der Waals surface area (Å²) in [5.74, 6) is 0.341. The molecule has 2 aromatic heterocycles. The number of aromatic nitrogens is 3. The van der Waals surface area contributed by atoms with Gasteiger partial charge < -0.3 is 9.80 Å². The molecule has 27 heavy (non-hydrogen) atoms. The lowest BCUT2D eigenvalue weighted by atomic mass is 10.2. The molecule has 1 aliphatic rings. The van der Waals surface area contributed by atoms with Gasteiger partial charge in [0.25, 0.3) is 11.5 Å². The van der Waals surface area contributed by atoms with E-state index < -0.39 is 0 Å². The second-order valence-corrected chi connectivity index (χ2v) is 6.87. The molecule has 1 aromatic carbocycles. The van der Waals surface area contributed by atoms with Gasteiger partial charge in [-0.25, -0.2) is 9.97 Å². The van der Waals surface area contributed by atoms with Crippen molar-refractivity contribution in [3.8, 4) is 0 Å². The Hall–Kier alpha value is -2.93. The van der Waals surface area contributed by atoms with Gasteiger partial charge in [0.05, 0.1) is 0 Å². The molecule has 3 aromatic rings. The highest BCUT2D eigenvalue weighted by Gasteiger charge is 2.25. The van der Waals surface area contributed by atoms with Crippen molar-refractivity contribution in [3.05, 3.63) is 63.5 Å². The first-order chi connectivity index (χ1) is 13.0. The number of fused-ring (bicyclic) bond motifs is 1. The number of carbonyl (C=O) groups excluding carboxylic acids is 1. The Balaban J connectivity index is 1.54. The minimum atomic E-state index is -0.184. The van der Waals surface area contributed by atoms with Gasteiger partial charge in [-0.1, -0.05) is 17.7 Å². The van der Waals surface area contributed by atoms with Crippen LogP contribution in [0.1, 0.15) is 10.4 Å². The fraction of sp³-hybridized carbons (Fsp3) is 0.263. The smallest absolute Gasteiger partial charge is 0.294 e. The molecule has 1 aliphatic heterocycles. The highest BCUT2D eigenvalue weighted by molar-refractivity contribution is 6.30. The van der Waals surface area contributed by atoms with E-state index in [4.69, 9.17) is 11.6 Å². The number of anilines is 1. The average Bonchev–Trinajstić information content (AvgIpc) is 2.70. The normalized spacial score (nSPS) is 14.6. The Morgan fingerprint density at radius 3 is 2.63 bits per heavy atom. The van der Waals surface area contributed by atoms with Crippen LogP contribution in [0.3, 0.4) is 0 Å². The summed E-state index contributed by atoms with van der Waals surface area (Å²) in [5.41, 5.74) is 1.62. The standard InChI is InChI=1S/C19H18ClN5O2/c1-23-16-15(6-3-7-21-16)22-17(19(23)27)24-8-10-25(11-9-24)18(26)13-4-2-5-14(20)12-13/h2-7,12H,8-11H2,1H3. The maximum atomic E-state index is 12.7. The number of carbonyl (C=O) groups is 1. The Morgan fingerprint density at radius 2 is 1.89 bits per heavy atom. The molecule has 138 valence electrons. The first-order valence-corrected chi connectivity index (χ1v) is 9.04. The Labute approximate surface area is 160 Å². The largest absolute Gasteiger partial charge is 0.348 e. The molecular formula is C19H18ClN5O2. The van der Waals surface area contributed by atoms with Crippen molar-refractivity contribution in [1.29, 1.82) is 0 Å². The quantitative estimate of drug-likeness (QED) is 0.676. The fourth-order valence-corrected chi connectivity index (χ4v) is 3.46. The second-order valence-electron chi connectivity index (χ2n) is 6.44. The minimum absolute atomic E-state index is 0.0549. The lowest BCUT2D eigenvalue weighted by Crippen LogP contribution is -2.50. The lowest BCUT2D eigenvalue weighted by Gasteiger charge is -2.35. The topological polar surface area (TPSA) is 71.3 Å². The van der Waals surface area contributed by atoms with E-state index in [0.29, 0.717) is 53.7 Å². The predicted octanol–water partition coefficient (Wildman–Crippen LogP) is 1.94. The molecule has 8 heteroatoms. The average molecular weight is 384 g/mol. The van der Waals surface area contributed by atoms with Gasteiger partial charge in [-0.05, 0) is 30.3 Å². The van der Waals surface area contributed by atoms with Gasteiger partial charge in [-0.2, -0.15) is 0 Å². The first-order valence-electron chi connectivity index (χ1n) is 8.66. The molecular weight excluding hydrogens is 366 g/mol. The molecule has 0 N–H and O–H groups in total. The number of piperazine rings is 1. The maximum Gasteiger partial charge on any atom is 0.294 e. The third-order valence-corrected chi connectivity index (χ3v) is 4.98. The number of rotatable bonds is 2. The monoisotopic (exact) mass is 383 g/mol. The summed E-state index contributed by atoms with van der Waals surface area (Å²) in [7, 11) is 1.70. The van der Waals surface area contributed by atoms with Crippen LogP contribution in [0.5, 0.6) is 0 Å². The van der Waals surface area contributed by atoms with Crippen LogP contribution in [0.4, 0.5) is 5.82 Å². The first kappa shape index (κ1) is 17.5. The number of hydrogen-bond acceptors (Lipinski definition) is 5. The van der Waals surface area contributed by atoms with Crippen molar-refractivity contribution in [2.75, 3.05) is 31.1 Å². The summed E-state index contributed by atoms with van der Waals surface area (Å²) in [4.78, 5) is 37.8. The van der Waals surface area contributed by atoms with E-state index in [9.17, 15) is 9.59 Å². The number of halogens is 1. The van der Waals surface area contributed by atoms with Gasteiger partial charge in [0, 0.05) is 50.0 Å². The van der Waals surface area contributed by atoms with Gasteiger partial charge in [-0.15, -0.1) is 0 Å². The van der Waals surface area contributed by atoms with E-state index in [1.54, 1.807) is 48.5 Å². The molecule has 7 nitrogen and oxygen atoms in total. The summed E-state index contributed by atoms with van der Waals surface area (Å²) in [6, 6.07) is 10.6. The third kappa shape index (κ3) is 3.26. The van der Waals surface area contributed by atoms with Gasteiger partial charge in [-0.3, -0.25) is 14.2 Å². The number of amides is 1. The van der Waals surface area contributed by atoms with Crippen LogP contribution in [0, 0.1) is 0 Å². The van der Waals surface area contributed by atoms with E-state index in [1.807, 2.05) is 11.0 Å². The molecule has 4 rings (SSSR count). The number of nitrogens with zero attached hydrogens (tertiary/aromatic N) is 5. The van der Waals surface area contributed by atoms with Crippen LogP contribution in [-0.2, 0) is 7.05 Å². The predicted molar refractivity (Wildman–Crippen MR) is 104 cm³/mol. The number of pyridine rings is 1. The number of aryl methyl sites for hydroxylation is 1. The molecule has 0 atom stereocenters. The van der Waals surface area contributed by atoms with Crippen molar-refractivity contribution in [2.24, 2.45) is 7.05 Å². The molecule has 0 saturated carbocycles. The Bertz CT molecular complexity index is 1070. The highest BCUT2D eigenvalue weighted by Crippen LogP contribution is 2.17. The van der Waals surface area contributed by atoms with Crippen LogP contribution >= 0.6 is 11.6 Å². The fourth-order valence-electron chi connectivity index (χ4n) is 3.27. The summed E-state index contributed by atoms with van der Waals surface area (Å²) in [6.45, 7) is 2.11. The highest BCUT2D eigenvalue weighted by atomic mass is 35.5. The Morgan fingerprint density at radius 1 is 1.11 bits per heavy atom. The van der Waals surface area contributed by atoms with Crippen molar-refractivity contribution >= 4 is 34.5 Å². The molecule has 0 unspecified atom stereocenters. The minimum Gasteiger partial charge on any atom is -0.348 e. The summed E-state index contributed by atoms with van der Waals surface area (Å²) in [6.07, 6.45) is 1.64. The zero-order valence-corrected chi connectivity index (χ0v) is 15.6. The maximum absolute atomic E-state index is 12.7. The van der Waals surface area contributed by atoms with E-state index in [0.717, 1.165) is 0 Å². The van der Waals surface area contributed by atoms with Crippen LogP contribution < -0.4 is 10.5 Å². The molecule has 0 bridgehead atoms. The van der Waals surface area contributed by atoms with Crippen molar-refractivity contribution in [3.63, 3.8) is 0 Å². The number of hydrogen-bond donors (Lipinski definition) is 0. The van der Waals surface area contributed by atoms with Gasteiger partial charge >= 0.3 is 0 Å². The molecule has 1 amide bonds. The van der Waals surface area contributed by atoms with Crippen LogP contribution in [0.15, 0.2) is 47.4 Å². The second kappa shape index (κ2) is 7.00. The number of benzene rings is 1. The van der Waals surface area contributed by atoms with Gasteiger partial charge in [0.15, 0.2) is 11.5 Å². The van der Waals surface area contributed by atoms with Crippen molar-refractivity contribution < 1.29 is 4.79 Å². The molecule has 0 spiro atoms. The van der Waals surface area contributed by atoms with Gasteiger partial charge in [0.2, 0.25) is 0 Å². The molecule has 0 radical (unpaired) electrons. The van der Waals surface area contributed by atoms with E-state index in [-0.39, 0.29) is 11.5 Å². The molecule has 3 heterocycles. The zero-order chi connectivity index (χ0) is 19.0. The molecule has 0 aliphatic carbocycles. The van der Waals surface area contributed by atoms with E-state index in [1.165, 1.54) is 4.57 Å². The summed E-state index contributed by atoms with van der Waals surface area (Å²) >= 11 is 5.98. The van der Waals surface area contributed by atoms with E-state index >= 15 is 0 Å². The molecule has 1 fully saturated rings. The molecule has 1 saturated heterocycles. The van der Waals surface area contributed by atoms with Crippen molar-refractivity contribution in [2.45, 2.75) is 0 Å².